The molecule has 2 N–H and O–H groups in total. The van der Waals surface area contributed by atoms with E-state index in [4.69, 9.17) is 19.9 Å². The predicted octanol–water partition coefficient (Wildman–Crippen LogP) is 0.306. The summed E-state index contributed by atoms with van der Waals surface area (Å²) in [5, 5.41) is 0. The molecule has 0 aromatic carbocycles. The van der Waals surface area contributed by atoms with Crippen LogP contribution in [-0.2, 0) is 33.4 Å². The smallest absolute Gasteiger partial charge is 0.351 e. The predicted molar refractivity (Wildman–Crippen MR) is 102 cm³/mol. The Morgan fingerprint density at radius 1 is 1.13 bits per heavy atom. The first kappa shape index (κ1) is 23.2. The molecular formula is C19H25N3O8. The molecule has 164 valence electrons. The van der Waals surface area contributed by atoms with E-state index in [9.17, 15) is 24.0 Å². The third-order valence-electron chi connectivity index (χ3n) is 4.40. The lowest BCUT2D eigenvalue weighted by Crippen LogP contribution is -2.32. The number of aromatic nitrogens is 2. The molecule has 3 atom stereocenters. The number of Topliss-reactive ketones (excluding diaryl/α,β-unsaturated/α-hetero) is 2. The van der Waals surface area contributed by atoms with Gasteiger partial charge in [-0.1, -0.05) is 0 Å². The molecule has 0 unspecified atom stereocenters. The Hall–Kier alpha value is -3.08. The van der Waals surface area contributed by atoms with Crippen molar-refractivity contribution < 1.29 is 33.4 Å². The van der Waals surface area contributed by atoms with Crippen LogP contribution < -0.4 is 11.4 Å². The van der Waals surface area contributed by atoms with Crippen LogP contribution in [0.3, 0.4) is 0 Å². The number of carbonyl (C=O) groups excluding carboxylic acids is 4. The van der Waals surface area contributed by atoms with Gasteiger partial charge in [0.05, 0.1) is 12.8 Å². The molecule has 0 aliphatic carbocycles. The molecule has 11 heteroatoms. The highest BCUT2D eigenvalue weighted by atomic mass is 16.6. The fraction of sp³-hybridized carbons (Fsp3) is 0.579. The lowest BCUT2D eigenvalue weighted by atomic mass is 10.1. The first-order valence-electron chi connectivity index (χ1n) is 9.49. The summed E-state index contributed by atoms with van der Waals surface area (Å²) in [7, 11) is 0. The Bertz CT molecular complexity index is 866. The van der Waals surface area contributed by atoms with E-state index in [1.807, 2.05) is 0 Å². The second-order valence-electron chi connectivity index (χ2n) is 7.02. The first-order chi connectivity index (χ1) is 14.2. The molecule has 1 aliphatic rings. The monoisotopic (exact) mass is 423 g/mol. The number of nitrogens with two attached hydrogens (primary N) is 1. The molecular weight excluding hydrogens is 398 g/mol. The average molecular weight is 423 g/mol. The molecule has 0 saturated carbocycles. The summed E-state index contributed by atoms with van der Waals surface area (Å²) in [6, 6.07) is 1.42. The van der Waals surface area contributed by atoms with Gasteiger partial charge in [-0.15, -0.1) is 0 Å². The number of rotatable bonds is 10. The summed E-state index contributed by atoms with van der Waals surface area (Å²) in [5.41, 5.74) is 4.85. The van der Waals surface area contributed by atoms with Gasteiger partial charge in [0.15, 0.2) is 0 Å². The minimum atomic E-state index is -0.831. The number of nitrogens with zero attached hydrogens (tertiary/aromatic N) is 2. The van der Waals surface area contributed by atoms with E-state index in [1.54, 1.807) is 0 Å². The summed E-state index contributed by atoms with van der Waals surface area (Å²) < 4.78 is 17.5. The van der Waals surface area contributed by atoms with Gasteiger partial charge >= 0.3 is 17.6 Å². The molecule has 1 aromatic rings. The lowest BCUT2D eigenvalue weighted by molar-refractivity contribution is -0.159. The van der Waals surface area contributed by atoms with Gasteiger partial charge in [-0.05, 0) is 19.9 Å². The van der Waals surface area contributed by atoms with Crippen molar-refractivity contribution >= 4 is 29.3 Å². The van der Waals surface area contributed by atoms with Gasteiger partial charge in [0.2, 0.25) is 0 Å². The van der Waals surface area contributed by atoms with Crippen LogP contribution in [0.1, 0.15) is 52.2 Å². The van der Waals surface area contributed by atoms with Crippen LogP contribution in [0.2, 0.25) is 0 Å². The molecule has 2 rings (SSSR count). The normalized spacial score (nSPS) is 20.5. The molecule has 2 heterocycles. The van der Waals surface area contributed by atoms with Crippen LogP contribution in [-0.4, -0.2) is 51.9 Å². The molecule has 1 aliphatic heterocycles. The zero-order chi connectivity index (χ0) is 22.3. The van der Waals surface area contributed by atoms with E-state index < -0.39 is 36.1 Å². The number of hydrogen-bond acceptors (Lipinski definition) is 10. The standard InChI is InChI=1S/C19H25N3O8/c1-11(23)3-5-17(25)28-10-14-13(30-18(26)6-4-12(2)24)9-16(29-14)22-8-7-15(20)21-19(22)27/h7-8,13-14,16H,3-6,9-10H2,1-2H3,(H2,20,21,27)/t13-,14+,16+/m0/s1. The Labute approximate surface area is 172 Å². The molecule has 1 fully saturated rings. The summed E-state index contributed by atoms with van der Waals surface area (Å²) in [6.07, 6.45) is -0.983. The molecule has 11 nitrogen and oxygen atoms in total. The highest BCUT2D eigenvalue weighted by molar-refractivity contribution is 5.81. The summed E-state index contributed by atoms with van der Waals surface area (Å²) in [4.78, 5) is 61.6. The maximum absolute atomic E-state index is 12.1. The van der Waals surface area contributed by atoms with E-state index in [2.05, 4.69) is 4.98 Å². The lowest BCUT2D eigenvalue weighted by Gasteiger charge is -2.18. The third-order valence-corrected chi connectivity index (χ3v) is 4.40. The number of ether oxygens (including phenoxy) is 3. The van der Waals surface area contributed by atoms with Crippen LogP contribution in [0, 0.1) is 0 Å². The minimum Gasteiger partial charge on any atom is -0.463 e. The van der Waals surface area contributed by atoms with Crippen molar-refractivity contribution in [1.29, 1.82) is 0 Å². The fourth-order valence-electron chi connectivity index (χ4n) is 2.82. The maximum Gasteiger partial charge on any atom is 0.351 e. The molecule has 30 heavy (non-hydrogen) atoms. The van der Waals surface area contributed by atoms with Gasteiger partial charge in [0, 0.05) is 25.5 Å². The van der Waals surface area contributed by atoms with E-state index in [1.165, 1.54) is 30.7 Å². The van der Waals surface area contributed by atoms with E-state index in [0.29, 0.717) is 0 Å². The maximum atomic E-state index is 12.1. The minimum absolute atomic E-state index is 0.0435. The number of ketones is 2. The van der Waals surface area contributed by atoms with Crippen LogP contribution in [0.5, 0.6) is 0 Å². The van der Waals surface area contributed by atoms with Crippen molar-refractivity contribution in [3.05, 3.63) is 22.7 Å². The topological polar surface area (TPSA) is 157 Å². The molecule has 0 radical (unpaired) electrons. The van der Waals surface area contributed by atoms with Gasteiger partial charge < -0.3 is 29.5 Å². The molecule has 0 amide bonds. The van der Waals surface area contributed by atoms with Crippen LogP contribution in [0.4, 0.5) is 5.82 Å². The van der Waals surface area contributed by atoms with Gasteiger partial charge in [-0.25, -0.2) is 4.79 Å². The van der Waals surface area contributed by atoms with Gasteiger partial charge in [0.1, 0.15) is 42.4 Å². The van der Waals surface area contributed by atoms with Crippen LogP contribution in [0.15, 0.2) is 17.1 Å². The Kier molecular flexibility index (Phi) is 8.22. The van der Waals surface area contributed by atoms with Gasteiger partial charge in [0.25, 0.3) is 0 Å². The molecule has 1 saturated heterocycles. The number of carbonyl (C=O) groups is 4. The molecule has 0 spiro atoms. The van der Waals surface area contributed by atoms with Crippen molar-refractivity contribution in [2.75, 3.05) is 12.3 Å². The second-order valence-corrected chi connectivity index (χ2v) is 7.02. The summed E-state index contributed by atoms with van der Waals surface area (Å²) >= 11 is 0. The molecule has 0 bridgehead atoms. The van der Waals surface area contributed by atoms with Crippen molar-refractivity contribution in [2.24, 2.45) is 0 Å². The van der Waals surface area contributed by atoms with Crippen molar-refractivity contribution in [3.63, 3.8) is 0 Å². The zero-order valence-corrected chi connectivity index (χ0v) is 16.9. The number of esters is 2. The number of hydrogen-bond donors (Lipinski definition) is 1. The van der Waals surface area contributed by atoms with Crippen LogP contribution in [0.25, 0.3) is 0 Å². The van der Waals surface area contributed by atoms with Gasteiger partial charge in [-0.3, -0.25) is 14.2 Å². The highest BCUT2D eigenvalue weighted by Crippen LogP contribution is 2.30. The third kappa shape index (κ3) is 7.07. The Morgan fingerprint density at radius 2 is 1.77 bits per heavy atom. The van der Waals surface area contributed by atoms with Crippen molar-refractivity contribution in [1.82, 2.24) is 9.55 Å². The second kappa shape index (κ2) is 10.6. The number of nitrogen functional groups attached to an aromatic ring is 1. The first-order valence-corrected chi connectivity index (χ1v) is 9.49. The van der Waals surface area contributed by atoms with E-state index in [0.717, 1.165) is 0 Å². The number of anilines is 1. The zero-order valence-electron chi connectivity index (χ0n) is 16.9. The fourth-order valence-corrected chi connectivity index (χ4v) is 2.82. The highest BCUT2D eigenvalue weighted by Gasteiger charge is 2.40. The quantitative estimate of drug-likeness (QED) is 0.519. The van der Waals surface area contributed by atoms with E-state index in [-0.39, 0.29) is 56.1 Å². The van der Waals surface area contributed by atoms with Gasteiger partial charge in [-0.2, -0.15) is 4.98 Å². The molecule has 1 aromatic heterocycles. The Balaban J connectivity index is 2.06. The van der Waals surface area contributed by atoms with Crippen LogP contribution >= 0.6 is 0 Å². The van der Waals surface area contributed by atoms with Crippen molar-refractivity contribution in [3.8, 4) is 0 Å². The summed E-state index contributed by atoms with van der Waals surface area (Å²) in [6.45, 7) is 2.51. The van der Waals surface area contributed by atoms with Crippen molar-refractivity contribution in [2.45, 2.75) is 64.4 Å². The average Bonchev–Trinajstić information content (AvgIpc) is 3.05. The largest absolute Gasteiger partial charge is 0.463 e. The Morgan fingerprint density at radius 3 is 2.37 bits per heavy atom. The SMILES string of the molecule is CC(=O)CCC(=O)OC[C@H]1O[C@@H](n2ccc(N)nc2=O)C[C@@H]1OC(=O)CCC(C)=O. The van der Waals surface area contributed by atoms with E-state index >= 15 is 0 Å². The summed E-state index contributed by atoms with van der Waals surface area (Å²) in [5.74, 6) is -1.43.